The monoisotopic (exact) mass is 376 g/mol. The number of likely N-dealkylation sites (N-methyl/N-ethyl adjacent to an activating group) is 1. The molecule has 2 N–H and O–H groups in total. The standard InChI is InChI=1S/C17H17FN4O5/c1-2-20(8-11-4-3-5-12(18)6-11)15(23)10-21-9-13(22(26)27)7-14(16(19)24)17(21)25/h3-7,9H,2,8,10H2,1H3,(H2,19,24). The second-order valence-electron chi connectivity index (χ2n) is 5.70. The molecule has 0 radical (unpaired) electrons. The summed E-state index contributed by atoms with van der Waals surface area (Å²) >= 11 is 0. The first-order chi connectivity index (χ1) is 12.7. The Kier molecular flexibility index (Phi) is 6.01. The van der Waals surface area contributed by atoms with E-state index in [9.17, 15) is 28.9 Å². The van der Waals surface area contributed by atoms with Crippen molar-refractivity contribution in [2.24, 2.45) is 5.73 Å². The molecule has 0 unspecified atom stereocenters. The van der Waals surface area contributed by atoms with E-state index in [1.165, 1.54) is 23.1 Å². The van der Waals surface area contributed by atoms with E-state index in [2.05, 4.69) is 0 Å². The fraction of sp³-hybridized carbons (Fsp3) is 0.235. The number of nitro groups is 1. The van der Waals surface area contributed by atoms with Crippen molar-refractivity contribution in [2.75, 3.05) is 6.54 Å². The average molecular weight is 376 g/mol. The second kappa shape index (κ2) is 8.21. The van der Waals surface area contributed by atoms with Gasteiger partial charge in [-0.2, -0.15) is 0 Å². The van der Waals surface area contributed by atoms with Crippen LogP contribution in [0.25, 0.3) is 0 Å². The number of nitrogens with zero attached hydrogens (tertiary/aromatic N) is 3. The molecule has 10 heteroatoms. The van der Waals surface area contributed by atoms with E-state index >= 15 is 0 Å². The lowest BCUT2D eigenvalue weighted by Crippen LogP contribution is -2.37. The molecule has 1 aromatic carbocycles. The van der Waals surface area contributed by atoms with Gasteiger partial charge < -0.3 is 10.6 Å². The lowest BCUT2D eigenvalue weighted by Gasteiger charge is -2.21. The number of hydrogen-bond donors (Lipinski definition) is 1. The molecule has 0 aliphatic heterocycles. The van der Waals surface area contributed by atoms with Gasteiger partial charge in [0.1, 0.15) is 17.9 Å². The molecule has 0 aliphatic rings. The van der Waals surface area contributed by atoms with Crippen LogP contribution in [0.1, 0.15) is 22.8 Å². The lowest BCUT2D eigenvalue weighted by atomic mass is 10.2. The highest BCUT2D eigenvalue weighted by molar-refractivity contribution is 5.93. The van der Waals surface area contributed by atoms with Gasteiger partial charge in [0.2, 0.25) is 5.91 Å². The predicted octanol–water partition coefficient (Wildman–Crippen LogP) is 1.04. The largest absolute Gasteiger partial charge is 0.365 e. The van der Waals surface area contributed by atoms with Gasteiger partial charge in [-0.05, 0) is 24.6 Å². The van der Waals surface area contributed by atoms with Crippen molar-refractivity contribution >= 4 is 17.5 Å². The number of primary amides is 1. The zero-order valence-electron chi connectivity index (χ0n) is 14.4. The summed E-state index contributed by atoms with van der Waals surface area (Å²) in [5, 5.41) is 11.0. The van der Waals surface area contributed by atoms with E-state index in [0.29, 0.717) is 5.56 Å². The van der Waals surface area contributed by atoms with Crippen LogP contribution in [-0.2, 0) is 17.9 Å². The quantitative estimate of drug-likeness (QED) is 0.570. The molecule has 142 valence electrons. The highest BCUT2D eigenvalue weighted by Gasteiger charge is 2.20. The van der Waals surface area contributed by atoms with E-state index in [0.717, 1.165) is 16.8 Å². The molecule has 2 amide bonds. The van der Waals surface area contributed by atoms with Gasteiger partial charge in [-0.1, -0.05) is 12.1 Å². The number of halogens is 1. The first-order valence-corrected chi connectivity index (χ1v) is 7.93. The van der Waals surface area contributed by atoms with Crippen LogP contribution >= 0.6 is 0 Å². The zero-order chi connectivity index (χ0) is 20.1. The second-order valence-corrected chi connectivity index (χ2v) is 5.70. The fourth-order valence-electron chi connectivity index (χ4n) is 2.49. The van der Waals surface area contributed by atoms with Crippen LogP contribution in [0.15, 0.2) is 41.3 Å². The number of hydrogen-bond acceptors (Lipinski definition) is 5. The van der Waals surface area contributed by atoms with E-state index in [-0.39, 0.29) is 13.1 Å². The summed E-state index contributed by atoms with van der Waals surface area (Å²) in [5.41, 5.74) is 3.61. The van der Waals surface area contributed by atoms with Crippen LogP contribution in [0.3, 0.4) is 0 Å². The molecule has 0 spiro atoms. The normalized spacial score (nSPS) is 10.4. The number of benzene rings is 1. The van der Waals surface area contributed by atoms with Gasteiger partial charge in [0.15, 0.2) is 0 Å². The van der Waals surface area contributed by atoms with Crippen molar-refractivity contribution in [3.63, 3.8) is 0 Å². The Labute approximate surface area is 153 Å². The molecule has 0 bridgehead atoms. The molecule has 0 saturated carbocycles. The third kappa shape index (κ3) is 4.75. The Morgan fingerprint density at radius 3 is 2.59 bits per heavy atom. The smallest absolute Gasteiger partial charge is 0.286 e. The Morgan fingerprint density at radius 1 is 1.33 bits per heavy atom. The summed E-state index contributed by atoms with van der Waals surface area (Å²) in [6.45, 7) is 1.54. The van der Waals surface area contributed by atoms with Gasteiger partial charge in [0.25, 0.3) is 17.2 Å². The molecule has 0 atom stereocenters. The van der Waals surface area contributed by atoms with Crippen LogP contribution in [0.2, 0.25) is 0 Å². The minimum absolute atomic E-state index is 0.0967. The molecule has 1 heterocycles. The van der Waals surface area contributed by atoms with Crippen molar-refractivity contribution in [2.45, 2.75) is 20.0 Å². The number of nitrogens with two attached hydrogens (primary N) is 1. The molecular weight excluding hydrogens is 359 g/mol. The van der Waals surface area contributed by atoms with Crippen LogP contribution < -0.4 is 11.3 Å². The van der Waals surface area contributed by atoms with Crippen molar-refractivity contribution in [3.05, 3.63) is 73.9 Å². The number of rotatable bonds is 7. The fourth-order valence-corrected chi connectivity index (χ4v) is 2.49. The average Bonchev–Trinajstić information content (AvgIpc) is 2.60. The van der Waals surface area contributed by atoms with Gasteiger partial charge in [-0.25, -0.2) is 4.39 Å². The molecule has 0 fully saturated rings. The number of aromatic nitrogens is 1. The molecule has 0 saturated heterocycles. The summed E-state index contributed by atoms with van der Waals surface area (Å²) in [5.74, 6) is -2.10. The Bertz CT molecular complexity index is 957. The highest BCUT2D eigenvalue weighted by Crippen LogP contribution is 2.12. The third-order valence-corrected chi connectivity index (χ3v) is 3.85. The van der Waals surface area contributed by atoms with Gasteiger partial charge in [0, 0.05) is 19.2 Å². The maximum Gasteiger partial charge on any atom is 0.286 e. The number of pyridine rings is 1. The Balaban J connectivity index is 2.31. The maximum atomic E-state index is 13.3. The lowest BCUT2D eigenvalue weighted by molar-refractivity contribution is -0.385. The van der Waals surface area contributed by atoms with E-state index in [1.807, 2.05) is 0 Å². The first-order valence-electron chi connectivity index (χ1n) is 7.93. The number of carbonyl (C=O) groups is 2. The van der Waals surface area contributed by atoms with Gasteiger partial charge in [-0.3, -0.25) is 29.1 Å². The van der Waals surface area contributed by atoms with Gasteiger partial charge in [-0.15, -0.1) is 0 Å². The molecule has 2 rings (SSSR count). The van der Waals surface area contributed by atoms with E-state index < -0.39 is 45.9 Å². The van der Waals surface area contributed by atoms with Crippen LogP contribution in [0.5, 0.6) is 0 Å². The van der Waals surface area contributed by atoms with Crippen LogP contribution in [0, 0.1) is 15.9 Å². The predicted molar refractivity (Wildman–Crippen MR) is 93.4 cm³/mol. The molecule has 0 aliphatic carbocycles. The highest BCUT2D eigenvalue weighted by atomic mass is 19.1. The Hall–Kier alpha value is -3.56. The summed E-state index contributed by atoms with van der Waals surface area (Å²) in [7, 11) is 0. The molecule has 9 nitrogen and oxygen atoms in total. The van der Waals surface area contributed by atoms with Gasteiger partial charge in [0.05, 0.1) is 11.1 Å². The maximum absolute atomic E-state index is 13.3. The molecule has 27 heavy (non-hydrogen) atoms. The van der Waals surface area contributed by atoms with E-state index in [1.54, 1.807) is 13.0 Å². The first kappa shape index (κ1) is 19.8. The number of carbonyl (C=O) groups excluding carboxylic acids is 2. The summed E-state index contributed by atoms with van der Waals surface area (Å²) in [4.78, 5) is 47.7. The van der Waals surface area contributed by atoms with Crippen LogP contribution in [-0.4, -0.2) is 32.7 Å². The van der Waals surface area contributed by atoms with Crippen molar-refractivity contribution in [3.8, 4) is 0 Å². The minimum Gasteiger partial charge on any atom is -0.365 e. The molecule has 2 aromatic rings. The molecule has 1 aromatic heterocycles. The summed E-state index contributed by atoms with van der Waals surface area (Å²) in [6, 6.07) is 6.48. The number of amides is 2. The zero-order valence-corrected chi connectivity index (χ0v) is 14.4. The summed E-state index contributed by atoms with van der Waals surface area (Å²) in [6.07, 6.45) is 0.878. The SMILES string of the molecule is CCN(Cc1cccc(F)c1)C(=O)Cn1cc([N+](=O)[O-])cc(C(N)=O)c1=O. The summed E-state index contributed by atoms with van der Waals surface area (Å²) < 4.78 is 14.1. The minimum atomic E-state index is -1.13. The van der Waals surface area contributed by atoms with Crippen molar-refractivity contribution < 1.29 is 18.9 Å². The van der Waals surface area contributed by atoms with Gasteiger partial charge >= 0.3 is 0 Å². The Morgan fingerprint density at radius 2 is 2.04 bits per heavy atom. The van der Waals surface area contributed by atoms with Crippen molar-refractivity contribution in [1.29, 1.82) is 0 Å². The molecular formula is C17H17FN4O5. The third-order valence-electron chi connectivity index (χ3n) is 3.85. The van der Waals surface area contributed by atoms with E-state index in [4.69, 9.17) is 5.73 Å². The van der Waals surface area contributed by atoms with Crippen LogP contribution in [0.4, 0.5) is 10.1 Å². The topological polar surface area (TPSA) is 129 Å². The van der Waals surface area contributed by atoms with Crippen molar-refractivity contribution in [1.82, 2.24) is 9.47 Å².